The molecule has 0 atom stereocenters. The molecule has 2 heterocycles. The number of nitrogens with one attached hydrogen (secondary N) is 1. The summed E-state index contributed by atoms with van der Waals surface area (Å²) in [5.74, 6) is 0.675. The molecule has 0 aliphatic heterocycles. The molecule has 2 aromatic carbocycles. The van der Waals surface area contributed by atoms with Gasteiger partial charge < -0.3 is 10.1 Å². The van der Waals surface area contributed by atoms with Crippen LogP contribution in [0.4, 0.5) is 5.69 Å². The summed E-state index contributed by atoms with van der Waals surface area (Å²) in [6, 6.07) is 18.1. The number of aryl methyl sites for hydroxylation is 2. The molecular weight excluding hydrogens is 384 g/mol. The maximum absolute atomic E-state index is 12.6. The zero-order valence-corrected chi connectivity index (χ0v) is 16.7. The molecule has 4 rings (SSSR count). The van der Waals surface area contributed by atoms with Gasteiger partial charge >= 0.3 is 0 Å². The molecule has 144 valence electrons. The maximum atomic E-state index is 12.6. The highest BCUT2D eigenvalue weighted by atomic mass is 32.1. The number of nitrogens with zero attached hydrogens (tertiary/aromatic N) is 3. The largest absolute Gasteiger partial charge is 0.438 e. The predicted molar refractivity (Wildman–Crippen MR) is 114 cm³/mol. The van der Waals surface area contributed by atoms with Crippen LogP contribution in [0, 0.1) is 13.8 Å². The van der Waals surface area contributed by atoms with Gasteiger partial charge in [-0.2, -0.15) is 5.10 Å². The third-order valence-electron chi connectivity index (χ3n) is 4.15. The minimum absolute atomic E-state index is 0.220. The lowest BCUT2D eigenvalue weighted by Crippen LogP contribution is -2.11. The lowest BCUT2D eigenvalue weighted by molar-refractivity contribution is 0.102. The van der Waals surface area contributed by atoms with Crippen LogP contribution in [0.1, 0.15) is 21.1 Å². The molecule has 0 bridgehead atoms. The fourth-order valence-electron chi connectivity index (χ4n) is 2.69. The van der Waals surface area contributed by atoms with E-state index in [1.807, 2.05) is 49.6 Å². The highest BCUT2D eigenvalue weighted by Gasteiger charge is 2.09. The Balaban J connectivity index is 1.45. The number of benzene rings is 2. The number of hydrogen-bond donors (Lipinski definition) is 1. The number of carbonyl (C=O) groups is 1. The summed E-state index contributed by atoms with van der Waals surface area (Å²) in [6.45, 7) is 3.83. The van der Waals surface area contributed by atoms with Gasteiger partial charge in [0, 0.05) is 28.3 Å². The van der Waals surface area contributed by atoms with Gasteiger partial charge in [-0.15, -0.1) is 16.4 Å². The number of thiazole rings is 1. The van der Waals surface area contributed by atoms with Crippen molar-refractivity contribution in [2.24, 2.45) is 0 Å². The van der Waals surface area contributed by atoms with Gasteiger partial charge in [-0.05, 0) is 50.2 Å². The van der Waals surface area contributed by atoms with E-state index in [1.165, 1.54) is 0 Å². The summed E-state index contributed by atoms with van der Waals surface area (Å²) in [4.78, 5) is 17.1. The lowest BCUT2D eigenvalue weighted by atomic mass is 10.1. The number of aromatic nitrogens is 3. The van der Waals surface area contributed by atoms with Gasteiger partial charge in [-0.25, -0.2) is 4.98 Å². The zero-order valence-electron chi connectivity index (χ0n) is 15.9. The number of hydrogen-bond acceptors (Lipinski definition) is 6. The molecule has 1 amide bonds. The highest BCUT2D eigenvalue weighted by molar-refractivity contribution is 7.09. The number of ether oxygens (including phenoxy) is 1. The van der Waals surface area contributed by atoms with Crippen LogP contribution in [0.5, 0.6) is 11.6 Å². The first-order valence-electron chi connectivity index (χ1n) is 8.99. The van der Waals surface area contributed by atoms with Crippen molar-refractivity contribution in [3.05, 3.63) is 82.3 Å². The van der Waals surface area contributed by atoms with E-state index in [0.717, 1.165) is 22.0 Å². The average molecular weight is 402 g/mol. The van der Waals surface area contributed by atoms with Crippen LogP contribution in [0.2, 0.25) is 0 Å². The fourth-order valence-corrected chi connectivity index (χ4v) is 3.31. The van der Waals surface area contributed by atoms with Crippen molar-refractivity contribution in [3.63, 3.8) is 0 Å². The molecule has 7 heteroatoms. The molecule has 0 aliphatic rings. The smallest absolute Gasteiger partial charge is 0.255 e. The van der Waals surface area contributed by atoms with Crippen LogP contribution in [-0.2, 0) is 0 Å². The molecule has 29 heavy (non-hydrogen) atoms. The molecular formula is C22H18N4O2S. The second kappa shape index (κ2) is 8.20. The summed E-state index contributed by atoms with van der Waals surface area (Å²) in [7, 11) is 0. The Kier molecular flexibility index (Phi) is 5.31. The van der Waals surface area contributed by atoms with Crippen molar-refractivity contribution >= 4 is 22.9 Å². The van der Waals surface area contributed by atoms with E-state index in [-0.39, 0.29) is 5.91 Å². The Bertz CT molecular complexity index is 1140. The van der Waals surface area contributed by atoms with Crippen LogP contribution >= 0.6 is 11.3 Å². The minimum atomic E-state index is -0.220. The van der Waals surface area contributed by atoms with Gasteiger partial charge in [-0.1, -0.05) is 18.2 Å². The van der Waals surface area contributed by atoms with Crippen LogP contribution in [0.15, 0.2) is 66.0 Å². The number of carbonyl (C=O) groups excluding carboxylic acids is 1. The van der Waals surface area contributed by atoms with Crippen LogP contribution < -0.4 is 10.1 Å². The van der Waals surface area contributed by atoms with Crippen molar-refractivity contribution in [1.29, 1.82) is 0 Å². The third kappa shape index (κ3) is 4.64. The first-order chi connectivity index (χ1) is 14.1. The second-order valence-electron chi connectivity index (χ2n) is 6.43. The molecule has 0 saturated heterocycles. The standard InChI is InChI=1S/C22H18N4O2S/c1-14-6-11-21(26-25-14)28-19-5-3-4-17(12-19)22(27)24-18-9-7-16(8-10-18)20-13-29-15(2)23-20/h3-13H,1-2H3,(H,24,27). The van der Waals surface area contributed by atoms with E-state index >= 15 is 0 Å². The van der Waals surface area contributed by atoms with Gasteiger partial charge in [0.25, 0.3) is 5.91 Å². The van der Waals surface area contributed by atoms with Crippen molar-refractivity contribution < 1.29 is 9.53 Å². The van der Waals surface area contributed by atoms with Gasteiger partial charge in [0.05, 0.1) is 16.4 Å². The first kappa shape index (κ1) is 18.8. The van der Waals surface area contributed by atoms with E-state index in [1.54, 1.807) is 41.7 Å². The van der Waals surface area contributed by atoms with Crippen LogP contribution in [-0.4, -0.2) is 21.1 Å². The highest BCUT2D eigenvalue weighted by Crippen LogP contribution is 2.24. The monoisotopic (exact) mass is 402 g/mol. The Morgan fingerprint density at radius 2 is 1.83 bits per heavy atom. The SMILES string of the molecule is Cc1ccc(Oc2cccc(C(=O)Nc3ccc(-c4csc(C)n4)cc3)c2)nn1. The number of rotatable bonds is 5. The Labute approximate surface area is 172 Å². The molecule has 0 aliphatic carbocycles. The first-order valence-corrected chi connectivity index (χ1v) is 9.87. The third-order valence-corrected chi connectivity index (χ3v) is 4.92. The molecule has 0 fully saturated rings. The molecule has 0 saturated carbocycles. The lowest BCUT2D eigenvalue weighted by Gasteiger charge is -2.08. The average Bonchev–Trinajstić information content (AvgIpc) is 3.17. The molecule has 0 radical (unpaired) electrons. The molecule has 1 N–H and O–H groups in total. The molecule has 0 unspecified atom stereocenters. The van der Waals surface area contributed by atoms with Crippen LogP contribution in [0.3, 0.4) is 0 Å². The van der Waals surface area contributed by atoms with Gasteiger partial charge in [0.2, 0.25) is 5.88 Å². The maximum Gasteiger partial charge on any atom is 0.255 e. The van der Waals surface area contributed by atoms with Gasteiger partial charge in [0.1, 0.15) is 5.75 Å². The summed E-state index contributed by atoms with van der Waals surface area (Å²) in [5, 5.41) is 13.9. The molecule has 6 nitrogen and oxygen atoms in total. The van der Waals surface area contributed by atoms with Gasteiger partial charge in [0.15, 0.2) is 0 Å². The van der Waals surface area contributed by atoms with E-state index < -0.39 is 0 Å². The minimum Gasteiger partial charge on any atom is -0.438 e. The molecule has 4 aromatic rings. The fraction of sp³-hybridized carbons (Fsp3) is 0.0909. The summed E-state index contributed by atoms with van der Waals surface area (Å²) >= 11 is 1.61. The topological polar surface area (TPSA) is 77.0 Å². The molecule has 2 aromatic heterocycles. The summed E-state index contributed by atoms with van der Waals surface area (Å²) in [6.07, 6.45) is 0. The van der Waals surface area contributed by atoms with Crippen molar-refractivity contribution in [1.82, 2.24) is 15.2 Å². The zero-order chi connectivity index (χ0) is 20.2. The second-order valence-corrected chi connectivity index (χ2v) is 7.49. The quantitative estimate of drug-likeness (QED) is 0.493. The Morgan fingerprint density at radius 1 is 1.00 bits per heavy atom. The predicted octanol–water partition coefficient (Wildman–Crippen LogP) is 5.26. The normalized spacial score (nSPS) is 10.6. The Morgan fingerprint density at radius 3 is 2.52 bits per heavy atom. The van der Waals surface area contributed by atoms with Crippen molar-refractivity contribution in [2.75, 3.05) is 5.32 Å². The number of amides is 1. The summed E-state index contributed by atoms with van der Waals surface area (Å²) in [5.41, 5.74) is 3.96. The van der Waals surface area contributed by atoms with E-state index in [2.05, 4.69) is 20.5 Å². The van der Waals surface area contributed by atoms with Gasteiger partial charge in [-0.3, -0.25) is 4.79 Å². The van der Waals surface area contributed by atoms with Crippen molar-refractivity contribution in [2.45, 2.75) is 13.8 Å². The van der Waals surface area contributed by atoms with Crippen LogP contribution in [0.25, 0.3) is 11.3 Å². The summed E-state index contributed by atoms with van der Waals surface area (Å²) < 4.78 is 5.68. The van der Waals surface area contributed by atoms with Crippen molar-refractivity contribution in [3.8, 4) is 22.9 Å². The Hall–Kier alpha value is -3.58. The molecule has 0 spiro atoms. The number of anilines is 1. The van der Waals surface area contributed by atoms with E-state index in [0.29, 0.717) is 22.9 Å². The van der Waals surface area contributed by atoms with E-state index in [9.17, 15) is 4.79 Å². The van der Waals surface area contributed by atoms with E-state index in [4.69, 9.17) is 4.74 Å².